The number of carbonyl (C=O) groups excluding carboxylic acids is 2. The van der Waals surface area contributed by atoms with Gasteiger partial charge in [0, 0.05) is 24.2 Å². The van der Waals surface area contributed by atoms with Gasteiger partial charge >= 0.3 is 0 Å². The third-order valence-corrected chi connectivity index (χ3v) is 3.94. The van der Waals surface area contributed by atoms with Crippen molar-refractivity contribution in [3.05, 3.63) is 35.4 Å². The van der Waals surface area contributed by atoms with E-state index >= 15 is 0 Å². The first-order chi connectivity index (χ1) is 11.0. The second kappa shape index (κ2) is 7.62. The average Bonchev–Trinajstić information content (AvgIpc) is 2.61. The summed E-state index contributed by atoms with van der Waals surface area (Å²) in [5, 5.41) is 14.2. The number of piperidine rings is 1. The largest absolute Gasteiger partial charge is 0.409 e. The van der Waals surface area contributed by atoms with Crippen molar-refractivity contribution in [2.75, 3.05) is 13.1 Å². The van der Waals surface area contributed by atoms with Crippen LogP contribution in [0.5, 0.6) is 0 Å². The van der Waals surface area contributed by atoms with Crippen LogP contribution in [-0.4, -0.2) is 46.9 Å². The van der Waals surface area contributed by atoms with E-state index < -0.39 is 6.04 Å². The summed E-state index contributed by atoms with van der Waals surface area (Å²) in [5.41, 5.74) is 6.40. The summed E-state index contributed by atoms with van der Waals surface area (Å²) in [4.78, 5) is 26.3. The molecule has 0 saturated carbocycles. The van der Waals surface area contributed by atoms with Crippen molar-refractivity contribution in [1.29, 1.82) is 0 Å². The number of amidine groups is 1. The molecular weight excluding hydrogens is 296 g/mol. The van der Waals surface area contributed by atoms with Gasteiger partial charge in [0.2, 0.25) is 5.91 Å². The molecule has 1 aliphatic rings. The monoisotopic (exact) mass is 318 g/mol. The van der Waals surface area contributed by atoms with Crippen LogP contribution in [0.4, 0.5) is 0 Å². The molecule has 0 spiro atoms. The molecular formula is C16H22N4O3. The highest BCUT2D eigenvalue weighted by atomic mass is 16.4. The van der Waals surface area contributed by atoms with Crippen LogP contribution in [-0.2, 0) is 4.79 Å². The molecule has 2 amide bonds. The number of hydrogen-bond acceptors (Lipinski definition) is 4. The highest BCUT2D eigenvalue weighted by molar-refractivity contribution is 6.00. The Morgan fingerprint density at radius 1 is 1.17 bits per heavy atom. The zero-order valence-electron chi connectivity index (χ0n) is 13.2. The summed E-state index contributed by atoms with van der Waals surface area (Å²) in [7, 11) is 0. The first-order valence-corrected chi connectivity index (χ1v) is 7.70. The Morgan fingerprint density at radius 2 is 1.74 bits per heavy atom. The molecule has 1 unspecified atom stereocenters. The van der Waals surface area contributed by atoms with Crippen LogP contribution in [0.3, 0.4) is 0 Å². The van der Waals surface area contributed by atoms with Crippen LogP contribution in [0.25, 0.3) is 0 Å². The van der Waals surface area contributed by atoms with Gasteiger partial charge in [-0.25, -0.2) is 0 Å². The highest BCUT2D eigenvalue weighted by Gasteiger charge is 2.23. The Morgan fingerprint density at radius 3 is 2.30 bits per heavy atom. The van der Waals surface area contributed by atoms with Crippen LogP contribution in [0.15, 0.2) is 29.4 Å². The molecule has 0 radical (unpaired) electrons. The zero-order chi connectivity index (χ0) is 16.8. The summed E-state index contributed by atoms with van der Waals surface area (Å²) in [6.07, 6.45) is 3.18. The van der Waals surface area contributed by atoms with Gasteiger partial charge in [0.15, 0.2) is 5.84 Å². The minimum absolute atomic E-state index is 0.0226. The molecule has 0 aliphatic carbocycles. The fourth-order valence-corrected chi connectivity index (χ4v) is 2.58. The first-order valence-electron chi connectivity index (χ1n) is 7.70. The van der Waals surface area contributed by atoms with Crippen LogP contribution < -0.4 is 11.1 Å². The number of amides is 2. The van der Waals surface area contributed by atoms with Gasteiger partial charge in [-0.1, -0.05) is 17.3 Å². The van der Waals surface area contributed by atoms with Crippen molar-refractivity contribution in [2.24, 2.45) is 10.9 Å². The van der Waals surface area contributed by atoms with Gasteiger partial charge in [-0.05, 0) is 38.3 Å². The second-order valence-electron chi connectivity index (χ2n) is 5.64. The Kier molecular flexibility index (Phi) is 5.56. The van der Waals surface area contributed by atoms with E-state index in [0.29, 0.717) is 11.1 Å². The molecule has 0 bridgehead atoms. The Balaban J connectivity index is 1.96. The van der Waals surface area contributed by atoms with Crippen LogP contribution in [0.2, 0.25) is 0 Å². The third-order valence-electron chi connectivity index (χ3n) is 3.94. The molecule has 1 fully saturated rings. The van der Waals surface area contributed by atoms with Crippen molar-refractivity contribution >= 4 is 17.6 Å². The van der Waals surface area contributed by atoms with E-state index in [-0.39, 0.29) is 17.6 Å². The predicted octanol–water partition coefficient (Wildman–Crippen LogP) is 0.912. The molecule has 4 N–H and O–H groups in total. The van der Waals surface area contributed by atoms with E-state index in [1.165, 1.54) is 0 Å². The predicted molar refractivity (Wildman–Crippen MR) is 86.3 cm³/mol. The van der Waals surface area contributed by atoms with E-state index in [2.05, 4.69) is 10.5 Å². The Labute approximate surface area is 135 Å². The molecule has 1 aromatic rings. The third kappa shape index (κ3) is 4.21. The lowest BCUT2D eigenvalue weighted by molar-refractivity contribution is -0.133. The Hall–Kier alpha value is -2.57. The Bertz CT molecular complexity index is 592. The number of nitrogens with two attached hydrogens (primary N) is 1. The SMILES string of the molecule is CC(NC(=O)c1ccc(/C(N)=N\O)cc1)C(=O)N1CCCCC1. The number of oxime groups is 1. The van der Waals surface area contributed by atoms with E-state index in [4.69, 9.17) is 10.9 Å². The zero-order valence-corrected chi connectivity index (χ0v) is 13.2. The minimum atomic E-state index is -0.565. The number of rotatable bonds is 4. The molecule has 7 nitrogen and oxygen atoms in total. The fourth-order valence-electron chi connectivity index (χ4n) is 2.58. The standard InChI is InChI=1S/C16H22N4O3/c1-11(16(22)20-9-3-2-4-10-20)18-15(21)13-7-5-12(6-8-13)14(17)19-23/h5-8,11,23H,2-4,9-10H2,1H3,(H2,17,19)(H,18,21). The van der Waals surface area contributed by atoms with E-state index in [0.717, 1.165) is 32.4 Å². The summed E-state index contributed by atoms with van der Waals surface area (Å²) < 4.78 is 0. The number of benzene rings is 1. The molecule has 2 rings (SSSR count). The lowest BCUT2D eigenvalue weighted by atomic mass is 10.1. The summed E-state index contributed by atoms with van der Waals surface area (Å²) >= 11 is 0. The maximum atomic E-state index is 12.3. The first kappa shape index (κ1) is 16.8. The van der Waals surface area contributed by atoms with Gasteiger partial charge in [0.25, 0.3) is 5.91 Å². The molecule has 7 heteroatoms. The van der Waals surface area contributed by atoms with Gasteiger partial charge < -0.3 is 21.2 Å². The molecule has 1 aromatic carbocycles. The molecule has 1 aliphatic heterocycles. The molecule has 124 valence electrons. The minimum Gasteiger partial charge on any atom is -0.409 e. The van der Waals surface area contributed by atoms with E-state index in [9.17, 15) is 9.59 Å². The van der Waals surface area contributed by atoms with Crippen LogP contribution >= 0.6 is 0 Å². The van der Waals surface area contributed by atoms with Gasteiger partial charge in [-0.15, -0.1) is 0 Å². The number of nitrogens with zero attached hydrogens (tertiary/aromatic N) is 2. The average molecular weight is 318 g/mol. The maximum Gasteiger partial charge on any atom is 0.251 e. The molecule has 0 aromatic heterocycles. The van der Waals surface area contributed by atoms with Crippen molar-refractivity contribution in [1.82, 2.24) is 10.2 Å². The van der Waals surface area contributed by atoms with Gasteiger partial charge in [-0.2, -0.15) is 0 Å². The molecule has 23 heavy (non-hydrogen) atoms. The quantitative estimate of drug-likeness (QED) is 0.332. The summed E-state index contributed by atoms with van der Waals surface area (Å²) in [5.74, 6) is -0.397. The normalized spacial score (nSPS) is 16.7. The van der Waals surface area contributed by atoms with E-state index in [1.54, 1.807) is 36.1 Å². The highest BCUT2D eigenvalue weighted by Crippen LogP contribution is 2.10. The maximum absolute atomic E-state index is 12.3. The fraction of sp³-hybridized carbons (Fsp3) is 0.438. The number of hydrogen-bond donors (Lipinski definition) is 3. The number of likely N-dealkylation sites (tertiary alicyclic amines) is 1. The van der Waals surface area contributed by atoms with Crippen molar-refractivity contribution in [3.8, 4) is 0 Å². The van der Waals surface area contributed by atoms with Gasteiger partial charge in [0.05, 0.1) is 0 Å². The summed E-state index contributed by atoms with van der Waals surface area (Å²) in [6, 6.07) is 5.74. The number of nitrogens with one attached hydrogen (secondary N) is 1. The van der Waals surface area contributed by atoms with Crippen molar-refractivity contribution in [3.63, 3.8) is 0 Å². The molecule has 1 atom stereocenters. The van der Waals surface area contributed by atoms with Crippen LogP contribution in [0.1, 0.15) is 42.1 Å². The van der Waals surface area contributed by atoms with Crippen molar-refractivity contribution in [2.45, 2.75) is 32.2 Å². The lowest BCUT2D eigenvalue weighted by Gasteiger charge is -2.29. The van der Waals surface area contributed by atoms with E-state index in [1.807, 2.05) is 0 Å². The van der Waals surface area contributed by atoms with Crippen molar-refractivity contribution < 1.29 is 14.8 Å². The lowest BCUT2D eigenvalue weighted by Crippen LogP contribution is -2.48. The summed E-state index contributed by atoms with van der Waals surface area (Å²) in [6.45, 7) is 3.21. The molecule has 1 saturated heterocycles. The molecule has 1 heterocycles. The van der Waals surface area contributed by atoms with Crippen LogP contribution in [0, 0.1) is 0 Å². The van der Waals surface area contributed by atoms with Gasteiger partial charge in [0.1, 0.15) is 6.04 Å². The smallest absolute Gasteiger partial charge is 0.251 e. The second-order valence-corrected chi connectivity index (χ2v) is 5.64. The number of carbonyl (C=O) groups is 2. The topological polar surface area (TPSA) is 108 Å². The van der Waals surface area contributed by atoms with Gasteiger partial charge in [-0.3, -0.25) is 9.59 Å².